The van der Waals surface area contributed by atoms with Gasteiger partial charge in [-0.2, -0.15) is 0 Å². The summed E-state index contributed by atoms with van der Waals surface area (Å²) in [6, 6.07) is 10.9. The summed E-state index contributed by atoms with van der Waals surface area (Å²) in [6.45, 7) is 2.61. The summed E-state index contributed by atoms with van der Waals surface area (Å²) in [5, 5.41) is 3.31. The van der Waals surface area contributed by atoms with Gasteiger partial charge >= 0.3 is 0 Å². The number of rotatable bonds is 5. The molecule has 2 aromatic rings. The van der Waals surface area contributed by atoms with Crippen molar-refractivity contribution in [3.63, 3.8) is 0 Å². The first-order chi connectivity index (χ1) is 9.20. The van der Waals surface area contributed by atoms with Crippen molar-refractivity contribution in [1.82, 2.24) is 10.3 Å². The Bertz CT molecular complexity index is 531. The molecule has 0 bridgehead atoms. The van der Waals surface area contributed by atoms with Crippen LogP contribution in [-0.2, 0) is 6.54 Å². The van der Waals surface area contributed by atoms with Crippen LogP contribution in [0.4, 0.5) is 4.39 Å². The molecule has 0 saturated carbocycles. The summed E-state index contributed by atoms with van der Waals surface area (Å²) in [5.41, 5.74) is 1.84. The molecule has 1 heterocycles. The van der Waals surface area contributed by atoms with E-state index >= 15 is 0 Å². The number of aromatic nitrogens is 1. The van der Waals surface area contributed by atoms with Crippen LogP contribution in [0, 0.1) is 5.82 Å². The van der Waals surface area contributed by atoms with Crippen molar-refractivity contribution in [3.8, 4) is 5.75 Å². The monoisotopic (exact) mass is 260 g/mol. The summed E-state index contributed by atoms with van der Waals surface area (Å²) in [5.74, 6) is -0.0752. The Morgan fingerprint density at radius 1 is 1.32 bits per heavy atom. The second kappa shape index (κ2) is 6.29. The molecule has 0 saturated heterocycles. The summed E-state index contributed by atoms with van der Waals surface area (Å²) in [7, 11) is 1.46. The van der Waals surface area contributed by atoms with E-state index in [1.807, 2.05) is 31.2 Å². The minimum atomic E-state index is -0.340. The highest BCUT2D eigenvalue weighted by Crippen LogP contribution is 2.18. The predicted octanol–water partition coefficient (Wildman–Crippen LogP) is 3.08. The number of nitrogens with one attached hydrogen (secondary N) is 1. The van der Waals surface area contributed by atoms with E-state index in [0.29, 0.717) is 6.54 Å². The van der Waals surface area contributed by atoms with Crippen LogP contribution < -0.4 is 10.1 Å². The lowest BCUT2D eigenvalue weighted by Crippen LogP contribution is -2.19. The normalized spacial score (nSPS) is 12.2. The highest BCUT2D eigenvalue weighted by molar-refractivity contribution is 5.29. The summed E-state index contributed by atoms with van der Waals surface area (Å²) >= 11 is 0. The quantitative estimate of drug-likeness (QED) is 0.897. The van der Waals surface area contributed by atoms with E-state index in [4.69, 9.17) is 4.74 Å². The lowest BCUT2D eigenvalue weighted by molar-refractivity contribution is 0.386. The second-order valence-corrected chi connectivity index (χ2v) is 4.33. The highest BCUT2D eigenvalue weighted by Gasteiger charge is 2.07. The number of hydrogen-bond donors (Lipinski definition) is 1. The van der Waals surface area contributed by atoms with Gasteiger partial charge in [0.15, 0.2) is 11.6 Å². The summed E-state index contributed by atoms with van der Waals surface area (Å²) in [4.78, 5) is 4.28. The van der Waals surface area contributed by atoms with Crippen molar-refractivity contribution in [3.05, 3.63) is 59.7 Å². The van der Waals surface area contributed by atoms with Crippen molar-refractivity contribution in [1.29, 1.82) is 0 Å². The average Bonchev–Trinajstić information content (AvgIpc) is 2.46. The minimum Gasteiger partial charge on any atom is -0.494 e. The van der Waals surface area contributed by atoms with Gasteiger partial charge in [-0.05, 0) is 36.8 Å². The van der Waals surface area contributed by atoms with Gasteiger partial charge in [0.05, 0.1) is 12.8 Å². The third kappa shape index (κ3) is 3.51. The zero-order chi connectivity index (χ0) is 13.7. The molecule has 1 aromatic carbocycles. The van der Waals surface area contributed by atoms with Crippen LogP contribution in [0.1, 0.15) is 24.2 Å². The fourth-order valence-electron chi connectivity index (χ4n) is 1.83. The van der Waals surface area contributed by atoms with Crippen molar-refractivity contribution in [2.75, 3.05) is 7.11 Å². The summed E-state index contributed by atoms with van der Waals surface area (Å²) < 4.78 is 18.4. The molecule has 0 aliphatic carbocycles. The molecular formula is C15H17FN2O. The van der Waals surface area contributed by atoms with Gasteiger partial charge in [-0.15, -0.1) is 0 Å². The largest absolute Gasteiger partial charge is 0.494 e. The smallest absolute Gasteiger partial charge is 0.165 e. The van der Waals surface area contributed by atoms with Gasteiger partial charge in [-0.3, -0.25) is 4.98 Å². The number of ether oxygens (including phenoxy) is 1. The standard InChI is InChI=1S/C15H17FN2O/c1-11(14-5-3-4-8-17-14)18-10-12-6-7-15(19-2)13(16)9-12/h3-9,11,18H,10H2,1-2H3/t11-/m1/s1. The molecule has 1 N–H and O–H groups in total. The molecule has 19 heavy (non-hydrogen) atoms. The molecule has 3 nitrogen and oxygen atoms in total. The number of benzene rings is 1. The van der Waals surface area contributed by atoms with E-state index in [9.17, 15) is 4.39 Å². The number of hydrogen-bond acceptors (Lipinski definition) is 3. The van der Waals surface area contributed by atoms with Gasteiger partial charge in [-0.25, -0.2) is 4.39 Å². The van der Waals surface area contributed by atoms with E-state index in [0.717, 1.165) is 11.3 Å². The zero-order valence-corrected chi connectivity index (χ0v) is 11.1. The van der Waals surface area contributed by atoms with E-state index in [-0.39, 0.29) is 17.6 Å². The number of pyridine rings is 1. The lowest BCUT2D eigenvalue weighted by atomic mass is 10.1. The number of halogens is 1. The molecule has 0 fully saturated rings. The first kappa shape index (κ1) is 13.5. The Hall–Kier alpha value is -1.94. The van der Waals surface area contributed by atoms with Crippen molar-refractivity contribution < 1.29 is 9.13 Å². The van der Waals surface area contributed by atoms with Gasteiger partial charge in [0.25, 0.3) is 0 Å². The van der Waals surface area contributed by atoms with Crippen LogP contribution in [0.2, 0.25) is 0 Å². The molecular weight excluding hydrogens is 243 g/mol. The molecule has 2 rings (SSSR count). The maximum Gasteiger partial charge on any atom is 0.165 e. The molecule has 1 atom stereocenters. The Labute approximate surface area is 112 Å². The van der Waals surface area contributed by atoms with Crippen molar-refractivity contribution in [2.24, 2.45) is 0 Å². The topological polar surface area (TPSA) is 34.1 Å². The minimum absolute atomic E-state index is 0.117. The fraction of sp³-hybridized carbons (Fsp3) is 0.267. The van der Waals surface area contributed by atoms with E-state index in [1.54, 1.807) is 12.3 Å². The third-order valence-corrected chi connectivity index (χ3v) is 2.96. The first-order valence-electron chi connectivity index (χ1n) is 6.17. The van der Waals surface area contributed by atoms with Gasteiger partial charge in [0.2, 0.25) is 0 Å². The number of methoxy groups -OCH3 is 1. The van der Waals surface area contributed by atoms with Crippen LogP contribution in [-0.4, -0.2) is 12.1 Å². The summed E-state index contributed by atoms with van der Waals surface area (Å²) in [6.07, 6.45) is 1.76. The van der Waals surface area contributed by atoms with Crippen LogP contribution >= 0.6 is 0 Å². The van der Waals surface area contributed by atoms with Gasteiger partial charge in [0.1, 0.15) is 0 Å². The molecule has 4 heteroatoms. The van der Waals surface area contributed by atoms with Crippen LogP contribution in [0.3, 0.4) is 0 Å². The highest BCUT2D eigenvalue weighted by atomic mass is 19.1. The van der Waals surface area contributed by atoms with Crippen molar-refractivity contribution >= 4 is 0 Å². The van der Waals surface area contributed by atoms with E-state index in [2.05, 4.69) is 10.3 Å². The zero-order valence-electron chi connectivity index (χ0n) is 11.1. The van der Waals surface area contributed by atoms with Gasteiger partial charge in [0, 0.05) is 18.8 Å². The van der Waals surface area contributed by atoms with Crippen LogP contribution in [0.15, 0.2) is 42.6 Å². The maximum absolute atomic E-state index is 13.5. The van der Waals surface area contributed by atoms with Crippen LogP contribution in [0.25, 0.3) is 0 Å². The van der Waals surface area contributed by atoms with Gasteiger partial charge < -0.3 is 10.1 Å². The molecule has 1 aromatic heterocycles. The lowest BCUT2D eigenvalue weighted by Gasteiger charge is -2.13. The molecule has 100 valence electrons. The Kier molecular flexibility index (Phi) is 4.47. The van der Waals surface area contributed by atoms with E-state index in [1.165, 1.54) is 13.2 Å². The first-order valence-corrected chi connectivity index (χ1v) is 6.17. The molecule has 0 radical (unpaired) electrons. The molecule has 0 aliphatic rings. The van der Waals surface area contributed by atoms with E-state index < -0.39 is 0 Å². The Balaban J connectivity index is 1.97. The Morgan fingerprint density at radius 3 is 2.79 bits per heavy atom. The number of nitrogens with zero attached hydrogens (tertiary/aromatic N) is 1. The molecule has 0 amide bonds. The second-order valence-electron chi connectivity index (χ2n) is 4.33. The molecule has 0 aliphatic heterocycles. The SMILES string of the molecule is COc1ccc(CN[C@H](C)c2ccccn2)cc1F. The van der Waals surface area contributed by atoms with Crippen molar-refractivity contribution in [2.45, 2.75) is 19.5 Å². The predicted molar refractivity (Wildman–Crippen MR) is 72.4 cm³/mol. The molecule has 0 spiro atoms. The Morgan fingerprint density at radius 2 is 2.16 bits per heavy atom. The third-order valence-electron chi connectivity index (χ3n) is 2.96. The maximum atomic E-state index is 13.5. The van der Waals surface area contributed by atoms with Gasteiger partial charge in [-0.1, -0.05) is 12.1 Å². The average molecular weight is 260 g/mol. The fourth-order valence-corrected chi connectivity index (χ4v) is 1.83. The van der Waals surface area contributed by atoms with Crippen LogP contribution in [0.5, 0.6) is 5.75 Å². The molecule has 0 unspecified atom stereocenters.